The molecule has 5 heteroatoms. The van der Waals surface area contributed by atoms with Crippen molar-refractivity contribution in [3.63, 3.8) is 0 Å². The highest BCUT2D eigenvalue weighted by molar-refractivity contribution is 6.30. The molecule has 1 aromatic carbocycles. The van der Waals surface area contributed by atoms with Gasteiger partial charge >= 0.3 is 0 Å². The Bertz CT molecular complexity index is 395. The summed E-state index contributed by atoms with van der Waals surface area (Å²) in [5.41, 5.74) is 3.56. The Labute approximate surface area is 92.7 Å². The fraction of sp³-hybridized carbons (Fsp3) is 0.300. The summed E-state index contributed by atoms with van der Waals surface area (Å²) in [5, 5.41) is 2.37. The monoisotopic (exact) mass is 226 g/mol. The minimum absolute atomic E-state index is 0.0204. The van der Waals surface area contributed by atoms with Gasteiger partial charge in [-0.05, 0) is 12.1 Å². The molecule has 2 rings (SSSR count). The lowest BCUT2D eigenvalue weighted by Gasteiger charge is -2.19. The van der Waals surface area contributed by atoms with E-state index in [-0.39, 0.29) is 5.91 Å². The molecule has 80 valence electrons. The number of anilines is 1. The van der Waals surface area contributed by atoms with E-state index in [1.54, 1.807) is 24.3 Å². The lowest BCUT2D eigenvalue weighted by molar-refractivity contribution is -0.119. The van der Waals surface area contributed by atoms with Gasteiger partial charge in [0.15, 0.2) is 0 Å². The molecule has 0 atom stereocenters. The van der Waals surface area contributed by atoms with Gasteiger partial charge in [-0.3, -0.25) is 15.2 Å². The fourth-order valence-corrected chi connectivity index (χ4v) is 1.69. The fourth-order valence-electron chi connectivity index (χ4n) is 1.53. The lowest BCUT2D eigenvalue weighted by atomic mass is 10.3. The summed E-state index contributed by atoms with van der Waals surface area (Å²) in [6.07, 6.45) is 0.506. The second kappa shape index (κ2) is 3.98. The highest BCUT2D eigenvalue weighted by atomic mass is 35.5. The van der Waals surface area contributed by atoms with Crippen molar-refractivity contribution in [1.29, 1.82) is 0 Å². The van der Waals surface area contributed by atoms with Gasteiger partial charge in [0.25, 0.3) is 0 Å². The summed E-state index contributed by atoms with van der Waals surface area (Å²) in [5.74, 6) is 0.678. The molecule has 0 radical (unpaired) electrons. The van der Waals surface area contributed by atoms with Crippen molar-refractivity contribution in [2.45, 2.75) is 6.42 Å². The van der Waals surface area contributed by atoms with Crippen LogP contribution in [0.1, 0.15) is 6.42 Å². The van der Waals surface area contributed by atoms with Crippen LogP contribution >= 0.6 is 11.6 Å². The maximum absolute atomic E-state index is 11.1. The number of hydrazine groups is 1. The molecule has 1 aromatic rings. The smallest absolute Gasteiger partial charge is 0.240 e. The molecule has 0 aromatic heterocycles. The zero-order valence-corrected chi connectivity index (χ0v) is 9.04. The molecule has 1 aliphatic heterocycles. The molecule has 1 heterocycles. The van der Waals surface area contributed by atoms with E-state index >= 15 is 0 Å². The zero-order chi connectivity index (χ0) is 10.8. The average Bonchev–Trinajstić information content (AvgIpc) is 2.64. The van der Waals surface area contributed by atoms with Crippen molar-refractivity contribution in [3.05, 3.63) is 23.2 Å². The third kappa shape index (κ3) is 1.99. The van der Waals surface area contributed by atoms with Crippen molar-refractivity contribution in [2.75, 3.05) is 18.7 Å². The van der Waals surface area contributed by atoms with Gasteiger partial charge in [0, 0.05) is 24.1 Å². The van der Waals surface area contributed by atoms with Gasteiger partial charge in [-0.1, -0.05) is 11.6 Å². The Kier molecular flexibility index (Phi) is 2.68. The van der Waals surface area contributed by atoms with E-state index in [0.29, 0.717) is 23.7 Å². The second-order valence-electron chi connectivity index (χ2n) is 3.25. The van der Waals surface area contributed by atoms with Crippen molar-refractivity contribution in [3.8, 4) is 5.75 Å². The van der Waals surface area contributed by atoms with E-state index in [1.165, 1.54) is 0 Å². The first kappa shape index (κ1) is 10.1. The standard InChI is InChI=1S/C10H11ClN2O2/c1-15-9-6-7(11)2-3-8(9)13-5-4-10(14)12-13/h2-3,6H,4-5H2,1H3,(H,12,14). The number of ether oxygens (including phenoxy) is 1. The van der Waals surface area contributed by atoms with E-state index in [9.17, 15) is 4.79 Å². The summed E-state index contributed by atoms with van der Waals surface area (Å²) < 4.78 is 5.20. The number of nitrogens with one attached hydrogen (secondary N) is 1. The van der Waals surface area contributed by atoms with E-state index in [1.807, 2.05) is 6.07 Å². The number of amides is 1. The SMILES string of the molecule is COc1cc(Cl)ccc1N1CCC(=O)N1. The molecule has 4 nitrogen and oxygen atoms in total. The van der Waals surface area contributed by atoms with Crippen LogP contribution in [0, 0.1) is 0 Å². The van der Waals surface area contributed by atoms with Gasteiger partial charge in [0.05, 0.1) is 12.8 Å². The molecule has 0 unspecified atom stereocenters. The number of benzene rings is 1. The summed E-state index contributed by atoms with van der Waals surface area (Å²) in [6, 6.07) is 5.32. The number of carbonyl (C=O) groups excluding carboxylic acids is 1. The Morgan fingerprint density at radius 1 is 1.53 bits per heavy atom. The third-order valence-corrected chi connectivity index (χ3v) is 2.49. The highest BCUT2D eigenvalue weighted by Gasteiger charge is 2.21. The summed E-state index contributed by atoms with van der Waals surface area (Å²) in [4.78, 5) is 11.1. The minimum Gasteiger partial charge on any atom is -0.494 e. The Balaban J connectivity index is 2.31. The van der Waals surface area contributed by atoms with Crippen LogP contribution in [0.4, 0.5) is 5.69 Å². The van der Waals surface area contributed by atoms with Crippen LogP contribution in [-0.2, 0) is 4.79 Å². The second-order valence-corrected chi connectivity index (χ2v) is 3.69. The molecule has 0 bridgehead atoms. The number of halogens is 1. The van der Waals surface area contributed by atoms with Gasteiger partial charge in [-0.25, -0.2) is 0 Å². The lowest BCUT2D eigenvalue weighted by Crippen LogP contribution is -2.33. The van der Waals surface area contributed by atoms with Crippen molar-refractivity contribution < 1.29 is 9.53 Å². The van der Waals surface area contributed by atoms with E-state index in [4.69, 9.17) is 16.3 Å². The quantitative estimate of drug-likeness (QED) is 0.833. The van der Waals surface area contributed by atoms with Crippen LogP contribution in [0.2, 0.25) is 5.02 Å². The predicted molar refractivity (Wildman–Crippen MR) is 58.1 cm³/mol. The van der Waals surface area contributed by atoms with Crippen molar-refractivity contribution in [1.82, 2.24) is 5.43 Å². The van der Waals surface area contributed by atoms with E-state index in [0.717, 1.165) is 5.69 Å². The summed E-state index contributed by atoms with van der Waals surface area (Å²) in [6.45, 7) is 0.650. The van der Waals surface area contributed by atoms with Crippen LogP contribution in [0.3, 0.4) is 0 Å². The first-order valence-electron chi connectivity index (χ1n) is 4.61. The zero-order valence-electron chi connectivity index (χ0n) is 8.29. The molecule has 1 aliphatic rings. The predicted octanol–water partition coefficient (Wildman–Crippen LogP) is 1.59. The minimum atomic E-state index is 0.0204. The van der Waals surface area contributed by atoms with Crippen LogP contribution in [0.15, 0.2) is 18.2 Å². The largest absolute Gasteiger partial charge is 0.494 e. The first-order chi connectivity index (χ1) is 7.20. The van der Waals surface area contributed by atoms with E-state index < -0.39 is 0 Å². The summed E-state index contributed by atoms with van der Waals surface area (Å²) >= 11 is 5.85. The molecule has 1 fully saturated rings. The van der Waals surface area contributed by atoms with Crippen LogP contribution in [0.5, 0.6) is 5.75 Å². The Hall–Kier alpha value is -1.42. The van der Waals surface area contributed by atoms with Crippen LogP contribution in [0.25, 0.3) is 0 Å². The number of carbonyl (C=O) groups is 1. The van der Waals surface area contributed by atoms with Crippen molar-refractivity contribution >= 4 is 23.2 Å². The molecular formula is C10H11ClN2O2. The third-order valence-electron chi connectivity index (χ3n) is 2.25. The van der Waals surface area contributed by atoms with Gasteiger partial charge < -0.3 is 4.74 Å². The van der Waals surface area contributed by atoms with Gasteiger partial charge in [-0.2, -0.15) is 0 Å². The number of hydrogen-bond acceptors (Lipinski definition) is 3. The molecule has 1 saturated heterocycles. The van der Waals surface area contributed by atoms with Crippen molar-refractivity contribution in [2.24, 2.45) is 0 Å². The topological polar surface area (TPSA) is 41.6 Å². The molecule has 1 amide bonds. The van der Waals surface area contributed by atoms with Gasteiger partial charge in [0.1, 0.15) is 5.75 Å². The number of nitrogens with zero attached hydrogens (tertiary/aromatic N) is 1. The highest BCUT2D eigenvalue weighted by Crippen LogP contribution is 2.31. The number of rotatable bonds is 2. The molecule has 0 spiro atoms. The molecule has 0 saturated carbocycles. The molecule has 0 aliphatic carbocycles. The molecule has 15 heavy (non-hydrogen) atoms. The van der Waals surface area contributed by atoms with Gasteiger partial charge in [0.2, 0.25) is 5.91 Å². The normalized spacial score (nSPS) is 15.3. The number of hydrogen-bond donors (Lipinski definition) is 1. The van der Waals surface area contributed by atoms with Crippen LogP contribution < -0.4 is 15.2 Å². The first-order valence-corrected chi connectivity index (χ1v) is 4.99. The number of methoxy groups -OCH3 is 1. The molecule has 1 N–H and O–H groups in total. The Morgan fingerprint density at radius 2 is 2.33 bits per heavy atom. The average molecular weight is 227 g/mol. The maximum Gasteiger partial charge on any atom is 0.240 e. The Morgan fingerprint density at radius 3 is 2.93 bits per heavy atom. The van der Waals surface area contributed by atoms with E-state index in [2.05, 4.69) is 5.43 Å². The van der Waals surface area contributed by atoms with Gasteiger partial charge in [-0.15, -0.1) is 0 Å². The summed E-state index contributed by atoms with van der Waals surface area (Å²) in [7, 11) is 1.58. The van der Waals surface area contributed by atoms with Crippen LogP contribution in [-0.4, -0.2) is 19.6 Å². The molecular weight excluding hydrogens is 216 g/mol. The maximum atomic E-state index is 11.1.